The number of ether oxygens (including phenoxy) is 1. The van der Waals surface area contributed by atoms with Gasteiger partial charge in [-0.05, 0) is 23.3 Å². The van der Waals surface area contributed by atoms with Crippen LogP contribution in [-0.4, -0.2) is 16.4 Å². The zero-order chi connectivity index (χ0) is 17.6. The van der Waals surface area contributed by atoms with Gasteiger partial charge in [0.05, 0.1) is 21.3 Å². The highest BCUT2D eigenvalue weighted by atomic mass is 32.2. The Bertz CT molecular complexity index is 836. The second-order valence-electron chi connectivity index (χ2n) is 5.56. The first-order valence-corrected chi connectivity index (χ1v) is 9.46. The highest BCUT2D eigenvalue weighted by Gasteiger charge is 2.22. The van der Waals surface area contributed by atoms with Gasteiger partial charge >= 0.3 is 5.97 Å². The van der Waals surface area contributed by atoms with Crippen LogP contribution in [-0.2, 0) is 15.5 Å². The van der Waals surface area contributed by atoms with E-state index in [1.807, 2.05) is 60.7 Å². The van der Waals surface area contributed by atoms with Gasteiger partial charge in [-0.15, -0.1) is 0 Å². The second kappa shape index (κ2) is 7.90. The highest BCUT2D eigenvalue weighted by molar-refractivity contribution is 7.84. The van der Waals surface area contributed by atoms with Crippen molar-refractivity contribution >= 4 is 16.8 Å². The van der Waals surface area contributed by atoms with E-state index in [0.29, 0.717) is 10.5 Å². The number of carbonyl (C=O) groups excluding carboxylic acids is 1. The third-order valence-electron chi connectivity index (χ3n) is 3.85. The minimum absolute atomic E-state index is 0.334. The largest absolute Gasteiger partial charge is 0.449 e. The van der Waals surface area contributed by atoms with Crippen LogP contribution in [0.2, 0.25) is 0 Å². The average Bonchev–Trinajstić information content (AvgIpc) is 2.67. The van der Waals surface area contributed by atoms with Crippen molar-refractivity contribution in [1.29, 1.82) is 0 Å². The molecule has 1 unspecified atom stereocenters. The molecule has 0 aliphatic carbocycles. The van der Waals surface area contributed by atoms with Crippen molar-refractivity contribution in [1.82, 2.24) is 0 Å². The van der Waals surface area contributed by atoms with E-state index >= 15 is 0 Å². The Morgan fingerprint density at radius 1 is 0.800 bits per heavy atom. The molecule has 0 radical (unpaired) electrons. The first-order chi connectivity index (χ1) is 12.2. The van der Waals surface area contributed by atoms with Gasteiger partial charge in [0.1, 0.15) is 0 Å². The summed E-state index contributed by atoms with van der Waals surface area (Å²) in [6.45, 7) is 0. The Hall–Kier alpha value is -2.72. The summed E-state index contributed by atoms with van der Waals surface area (Å²) < 4.78 is 17.7. The van der Waals surface area contributed by atoms with Crippen molar-refractivity contribution in [2.75, 3.05) is 6.26 Å². The van der Waals surface area contributed by atoms with E-state index in [9.17, 15) is 9.00 Å². The fourth-order valence-electron chi connectivity index (χ4n) is 2.64. The molecule has 0 aliphatic rings. The summed E-state index contributed by atoms with van der Waals surface area (Å²) in [5.74, 6) is -0.483. The van der Waals surface area contributed by atoms with Crippen molar-refractivity contribution in [2.45, 2.75) is 11.0 Å². The van der Waals surface area contributed by atoms with Crippen LogP contribution in [0.3, 0.4) is 0 Å². The second-order valence-corrected chi connectivity index (χ2v) is 6.91. The summed E-state index contributed by atoms with van der Waals surface area (Å²) in [7, 11) is -1.27. The third-order valence-corrected chi connectivity index (χ3v) is 4.82. The fraction of sp³-hybridized carbons (Fsp3) is 0.0952. The molecule has 0 aliphatic heterocycles. The van der Waals surface area contributed by atoms with Crippen LogP contribution >= 0.6 is 0 Å². The number of benzene rings is 3. The van der Waals surface area contributed by atoms with Gasteiger partial charge in [-0.3, -0.25) is 4.21 Å². The molecule has 4 heteroatoms. The van der Waals surface area contributed by atoms with Crippen LogP contribution in [0.15, 0.2) is 89.8 Å². The number of carbonyl (C=O) groups is 1. The molecular formula is C21H18O3S. The van der Waals surface area contributed by atoms with Crippen molar-refractivity contribution in [2.24, 2.45) is 0 Å². The third kappa shape index (κ3) is 4.03. The lowest BCUT2D eigenvalue weighted by molar-refractivity contribution is 0.0373. The summed E-state index contributed by atoms with van der Waals surface area (Å²) >= 11 is 0. The summed E-state index contributed by atoms with van der Waals surface area (Å²) in [5.41, 5.74) is 2.11. The van der Waals surface area contributed by atoms with Gasteiger partial charge < -0.3 is 4.74 Å². The van der Waals surface area contributed by atoms with Crippen LogP contribution < -0.4 is 0 Å². The van der Waals surface area contributed by atoms with E-state index < -0.39 is 22.9 Å². The minimum Gasteiger partial charge on any atom is -0.449 e. The molecule has 1 atom stereocenters. The standard InChI is InChI=1S/C21H18O3S/c1-25(23)19-15-9-8-14-18(19)21(22)24-20(16-10-4-2-5-11-16)17-12-6-3-7-13-17/h2-15,20H,1H3. The maximum absolute atomic E-state index is 12.8. The summed E-state index contributed by atoms with van der Waals surface area (Å²) in [6.07, 6.45) is 1.03. The lowest BCUT2D eigenvalue weighted by Crippen LogP contribution is -2.14. The molecule has 126 valence electrons. The predicted octanol–water partition coefficient (Wildman–Crippen LogP) is 4.37. The van der Waals surface area contributed by atoms with Gasteiger partial charge in [-0.2, -0.15) is 0 Å². The Labute approximate surface area is 149 Å². The molecular weight excluding hydrogens is 332 g/mol. The molecule has 0 saturated heterocycles. The van der Waals surface area contributed by atoms with Gasteiger partial charge in [0.25, 0.3) is 0 Å². The van der Waals surface area contributed by atoms with Gasteiger partial charge in [0.15, 0.2) is 6.10 Å². The quantitative estimate of drug-likeness (QED) is 0.642. The molecule has 0 spiro atoms. The Kier molecular flexibility index (Phi) is 5.41. The molecule has 0 aromatic heterocycles. The van der Waals surface area contributed by atoms with Crippen LogP contribution in [0.25, 0.3) is 0 Å². The lowest BCUT2D eigenvalue weighted by atomic mass is 10.0. The molecule has 3 rings (SSSR count). The van der Waals surface area contributed by atoms with Crippen molar-refractivity contribution < 1.29 is 13.7 Å². The number of rotatable bonds is 5. The van der Waals surface area contributed by atoms with Gasteiger partial charge in [0, 0.05) is 6.26 Å². The van der Waals surface area contributed by atoms with Crippen LogP contribution in [0.1, 0.15) is 27.6 Å². The molecule has 3 aromatic rings. The Morgan fingerprint density at radius 3 is 1.80 bits per heavy atom. The number of hydrogen-bond acceptors (Lipinski definition) is 3. The lowest BCUT2D eigenvalue weighted by Gasteiger charge is -2.19. The monoisotopic (exact) mass is 350 g/mol. The summed E-state index contributed by atoms with van der Waals surface area (Å²) in [4.78, 5) is 13.2. The van der Waals surface area contributed by atoms with Crippen molar-refractivity contribution in [3.63, 3.8) is 0 Å². The van der Waals surface area contributed by atoms with E-state index in [1.54, 1.807) is 30.5 Å². The number of hydrogen-bond donors (Lipinski definition) is 0. The normalized spacial score (nSPS) is 11.9. The SMILES string of the molecule is CS(=O)c1ccccc1C(=O)OC(c1ccccc1)c1ccccc1. The first-order valence-electron chi connectivity index (χ1n) is 7.90. The first kappa shape index (κ1) is 17.1. The zero-order valence-corrected chi connectivity index (χ0v) is 14.6. The molecule has 0 bridgehead atoms. The van der Waals surface area contributed by atoms with E-state index in [4.69, 9.17) is 4.74 Å². The fourth-order valence-corrected chi connectivity index (χ4v) is 3.37. The van der Waals surface area contributed by atoms with Crippen molar-refractivity contribution in [3.8, 4) is 0 Å². The molecule has 3 nitrogen and oxygen atoms in total. The minimum atomic E-state index is -1.27. The smallest absolute Gasteiger partial charge is 0.340 e. The predicted molar refractivity (Wildman–Crippen MR) is 98.9 cm³/mol. The topological polar surface area (TPSA) is 43.4 Å². The van der Waals surface area contributed by atoms with E-state index in [-0.39, 0.29) is 0 Å². The zero-order valence-electron chi connectivity index (χ0n) is 13.8. The highest BCUT2D eigenvalue weighted by Crippen LogP contribution is 2.27. The molecule has 3 aromatic carbocycles. The van der Waals surface area contributed by atoms with E-state index in [2.05, 4.69) is 0 Å². The average molecular weight is 350 g/mol. The summed E-state index contributed by atoms with van der Waals surface area (Å²) in [5, 5.41) is 0. The molecule has 25 heavy (non-hydrogen) atoms. The maximum Gasteiger partial charge on any atom is 0.340 e. The molecule has 0 amide bonds. The van der Waals surface area contributed by atoms with Gasteiger partial charge in [0.2, 0.25) is 0 Å². The van der Waals surface area contributed by atoms with Crippen LogP contribution in [0.5, 0.6) is 0 Å². The van der Waals surface area contributed by atoms with E-state index in [0.717, 1.165) is 11.1 Å². The Morgan fingerprint density at radius 2 is 1.28 bits per heavy atom. The molecule has 0 N–H and O–H groups in total. The van der Waals surface area contributed by atoms with Crippen LogP contribution in [0, 0.1) is 0 Å². The summed E-state index contributed by atoms with van der Waals surface area (Å²) in [6, 6.07) is 26.0. The Balaban J connectivity index is 1.97. The van der Waals surface area contributed by atoms with Crippen molar-refractivity contribution in [3.05, 3.63) is 102 Å². The number of esters is 1. The molecule has 0 saturated carbocycles. The van der Waals surface area contributed by atoms with Gasteiger partial charge in [-0.25, -0.2) is 4.79 Å². The molecule has 0 fully saturated rings. The molecule has 0 heterocycles. The van der Waals surface area contributed by atoms with Gasteiger partial charge in [-0.1, -0.05) is 72.8 Å². The maximum atomic E-state index is 12.8. The van der Waals surface area contributed by atoms with Crippen LogP contribution in [0.4, 0.5) is 0 Å². The van der Waals surface area contributed by atoms with E-state index in [1.165, 1.54) is 0 Å².